The van der Waals surface area contributed by atoms with Crippen molar-refractivity contribution >= 4 is 5.91 Å². The van der Waals surface area contributed by atoms with Crippen LogP contribution in [0, 0.1) is 5.41 Å². The standard InChI is InChI=1S/C9H15NO2/c1-9(3-4-9)8(12)10-5-2-7(10)6-11/h7,11H,2-6H2,1H3. The van der Waals surface area contributed by atoms with Crippen LogP contribution in [0.2, 0.25) is 0 Å². The van der Waals surface area contributed by atoms with Crippen LogP contribution in [-0.4, -0.2) is 35.1 Å². The quantitative estimate of drug-likeness (QED) is 0.649. The van der Waals surface area contributed by atoms with Crippen LogP contribution < -0.4 is 0 Å². The lowest BCUT2D eigenvalue weighted by atomic mass is 9.99. The van der Waals surface area contributed by atoms with Gasteiger partial charge in [-0.2, -0.15) is 0 Å². The van der Waals surface area contributed by atoms with E-state index in [9.17, 15) is 4.79 Å². The second-order valence-electron chi connectivity index (χ2n) is 4.18. The van der Waals surface area contributed by atoms with E-state index in [2.05, 4.69) is 0 Å². The Balaban J connectivity index is 1.96. The van der Waals surface area contributed by atoms with E-state index >= 15 is 0 Å². The number of rotatable bonds is 2. The molecular weight excluding hydrogens is 154 g/mol. The molecule has 12 heavy (non-hydrogen) atoms. The van der Waals surface area contributed by atoms with Crippen molar-refractivity contribution in [3.63, 3.8) is 0 Å². The van der Waals surface area contributed by atoms with Gasteiger partial charge in [-0.1, -0.05) is 6.92 Å². The average molecular weight is 169 g/mol. The molecule has 1 atom stereocenters. The first-order valence-electron chi connectivity index (χ1n) is 4.59. The number of nitrogens with zero attached hydrogens (tertiary/aromatic N) is 1. The Morgan fingerprint density at radius 1 is 1.67 bits per heavy atom. The zero-order valence-electron chi connectivity index (χ0n) is 7.42. The average Bonchev–Trinajstić information content (AvgIpc) is 2.68. The first-order chi connectivity index (χ1) is 5.67. The van der Waals surface area contributed by atoms with Crippen LogP contribution in [0.1, 0.15) is 26.2 Å². The maximum atomic E-state index is 11.7. The molecule has 0 bridgehead atoms. The van der Waals surface area contributed by atoms with Crippen LogP contribution in [-0.2, 0) is 4.79 Å². The summed E-state index contributed by atoms with van der Waals surface area (Å²) in [5, 5.41) is 8.90. The van der Waals surface area contributed by atoms with Crippen molar-refractivity contribution in [2.45, 2.75) is 32.2 Å². The number of carbonyl (C=O) groups excluding carboxylic acids is 1. The van der Waals surface area contributed by atoms with Crippen LogP contribution in [0.15, 0.2) is 0 Å². The Bertz CT molecular complexity index is 209. The highest BCUT2D eigenvalue weighted by atomic mass is 16.3. The van der Waals surface area contributed by atoms with Crippen molar-refractivity contribution in [2.75, 3.05) is 13.2 Å². The van der Waals surface area contributed by atoms with E-state index in [1.807, 2.05) is 11.8 Å². The van der Waals surface area contributed by atoms with Gasteiger partial charge in [0.1, 0.15) is 0 Å². The molecule has 1 unspecified atom stereocenters. The topological polar surface area (TPSA) is 40.5 Å². The summed E-state index contributed by atoms with van der Waals surface area (Å²) in [7, 11) is 0. The van der Waals surface area contributed by atoms with Crippen molar-refractivity contribution in [1.29, 1.82) is 0 Å². The van der Waals surface area contributed by atoms with Crippen molar-refractivity contribution in [3.8, 4) is 0 Å². The van der Waals surface area contributed by atoms with Crippen LogP contribution in [0.3, 0.4) is 0 Å². The number of aliphatic hydroxyl groups is 1. The number of aliphatic hydroxyl groups excluding tert-OH is 1. The summed E-state index contributed by atoms with van der Waals surface area (Å²) in [6, 6.07) is 0.120. The minimum atomic E-state index is -0.0617. The molecule has 1 aliphatic carbocycles. The molecule has 2 fully saturated rings. The fraction of sp³-hybridized carbons (Fsp3) is 0.889. The minimum absolute atomic E-state index is 0.0617. The highest BCUT2D eigenvalue weighted by Crippen LogP contribution is 2.47. The molecule has 3 heteroatoms. The molecule has 1 heterocycles. The zero-order valence-corrected chi connectivity index (χ0v) is 7.42. The Morgan fingerprint density at radius 3 is 2.67 bits per heavy atom. The normalized spacial score (nSPS) is 31.2. The predicted molar refractivity (Wildman–Crippen MR) is 44.5 cm³/mol. The first-order valence-corrected chi connectivity index (χ1v) is 4.59. The smallest absolute Gasteiger partial charge is 0.228 e. The summed E-state index contributed by atoms with van der Waals surface area (Å²) in [4.78, 5) is 13.5. The molecular formula is C9H15NO2. The lowest BCUT2D eigenvalue weighted by Gasteiger charge is -2.41. The van der Waals surface area contributed by atoms with E-state index in [1.165, 1.54) is 0 Å². The van der Waals surface area contributed by atoms with Crippen molar-refractivity contribution in [2.24, 2.45) is 5.41 Å². The molecule has 1 amide bonds. The number of hydrogen-bond donors (Lipinski definition) is 1. The Hall–Kier alpha value is -0.570. The Kier molecular flexibility index (Phi) is 1.65. The van der Waals surface area contributed by atoms with Crippen LogP contribution >= 0.6 is 0 Å². The molecule has 1 aliphatic heterocycles. The summed E-state index contributed by atoms with van der Waals surface area (Å²) in [6.45, 7) is 2.99. The number of amides is 1. The molecule has 2 aliphatic rings. The Labute approximate surface area is 72.4 Å². The maximum Gasteiger partial charge on any atom is 0.228 e. The minimum Gasteiger partial charge on any atom is -0.394 e. The summed E-state index contributed by atoms with van der Waals surface area (Å²) in [6.07, 6.45) is 3.03. The van der Waals surface area contributed by atoms with Gasteiger partial charge in [-0.05, 0) is 19.3 Å². The molecule has 0 radical (unpaired) electrons. The lowest BCUT2D eigenvalue weighted by Crippen LogP contribution is -2.54. The number of carbonyl (C=O) groups is 1. The van der Waals surface area contributed by atoms with Gasteiger partial charge >= 0.3 is 0 Å². The Morgan fingerprint density at radius 2 is 2.33 bits per heavy atom. The third kappa shape index (κ3) is 1.04. The molecule has 1 saturated carbocycles. The van der Waals surface area contributed by atoms with Gasteiger partial charge in [-0.25, -0.2) is 0 Å². The van der Waals surface area contributed by atoms with Gasteiger partial charge in [-0.15, -0.1) is 0 Å². The van der Waals surface area contributed by atoms with Crippen LogP contribution in [0.5, 0.6) is 0 Å². The third-order valence-electron chi connectivity index (χ3n) is 3.13. The summed E-state index contributed by atoms with van der Waals surface area (Å²) in [5.74, 6) is 0.257. The van der Waals surface area contributed by atoms with Gasteiger partial charge < -0.3 is 10.0 Å². The summed E-state index contributed by atoms with van der Waals surface area (Å²) in [5.41, 5.74) is -0.0617. The second kappa shape index (κ2) is 2.46. The summed E-state index contributed by atoms with van der Waals surface area (Å²) >= 11 is 0. The fourth-order valence-corrected chi connectivity index (χ4v) is 1.65. The first kappa shape index (κ1) is 8.05. The van der Waals surface area contributed by atoms with Gasteiger partial charge in [0.05, 0.1) is 12.6 Å². The maximum absolute atomic E-state index is 11.7. The largest absolute Gasteiger partial charge is 0.394 e. The van der Waals surface area contributed by atoms with E-state index < -0.39 is 0 Å². The predicted octanol–water partition coefficient (Wildman–Crippen LogP) is 0.380. The van der Waals surface area contributed by atoms with Crippen molar-refractivity contribution in [3.05, 3.63) is 0 Å². The fourth-order valence-electron chi connectivity index (χ4n) is 1.65. The lowest BCUT2D eigenvalue weighted by molar-refractivity contribution is -0.145. The molecule has 1 N–H and O–H groups in total. The molecule has 2 rings (SSSR count). The van der Waals surface area contributed by atoms with Crippen LogP contribution in [0.25, 0.3) is 0 Å². The monoisotopic (exact) mass is 169 g/mol. The van der Waals surface area contributed by atoms with E-state index in [0.29, 0.717) is 0 Å². The van der Waals surface area contributed by atoms with Crippen molar-refractivity contribution in [1.82, 2.24) is 4.90 Å². The molecule has 0 aromatic rings. The summed E-state index contributed by atoms with van der Waals surface area (Å²) < 4.78 is 0. The van der Waals surface area contributed by atoms with Gasteiger partial charge in [0, 0.05) is 12.0 Å². The second-order valence-corrected chi connectivity index (χ2v) is 4.18. The van der Waals surface area contributed by atoms with Crippen LogP contribution in [0.4, 0.5) is 0 Å². The third-order valence-corrected chi connectivity index (χ3v) is 3.13. The molecule has 3 nitrogen and oxygen atoms in total. The van der Waals surface area contributed by atoms with Gasteiger partial charge in [0.2, 0.25) is 5.91 Å². The molecule has 1 saturated heterocycles. The van der Waals surface area contributed by atoms with E-state index in [4.69, 9.17) is 5.11 Å². The van der Waals surface area contributed by atoms with Gasteiger partial charge in [0.25, 0.3) is 0 Å². The molecule has 0 spiro atoms. The van der Waals surface area contributed by atoms with E-state index in [-0.39, 0.29) is 24.0 Å². The van der Waals surface area contributed by atoms with Gasteiger partial charge in [-0.3, -0.25) is 4.79 Å². The molecule has 0 aromatic heterocycles. The zero-order chi connectivity index (χ0) is 8.77. The highest BCUT2D eigenvalue weighted by Gasteiger charge is 2.49. The number of hydrogen-bond acceptors (Lipinski definition) is 2. The molecule has 68 valence electrons. The molecule has 0 aromatic carbocycles. The van der Waals surface area contributed by atoms with E-state index in [1.54, 1.807) is 0 Å². The van der Waals surface area contributed by atoms with E-state index in [0.717, 1.165) is 25.8 Å². The van der Waals surface area contributed by atoms with Gasteiger partial charge in [0.15, 0.2) is 0 Å². The SMILES string of the molecule is CC1(C(=O)N2CCC2CO)CC1. The van der Waals surface area contributed by atoms with Crippen molar-refractivity contribution < 1.29 is 9.90 Å². The number of likely N-dealkylation sites (tertiary alicyclic amines) is 1. The highest BCUT2D eigenvalue weighted by molar-refractivity contribution is 5.85.